The molecule has 0 aliphatic heterocycles. The molecule has 3 N–H and O–H groups in total. The van der Waals surface area contributed by atoms with E-state index in [0.29, 0.717) is 11.3 Å². The number of amides is 1. The molecule has 1 unspecified atom stereocenters. The lowest BCUT2D eigenvalue weighted by Crippen LogP contribution is -2.47. The van der Waals surface area contributed by atoms with Gasteiger partial charge in [0.1, 0.15) is 11.3 Å². The number of carboxylic acids is 1. The monoisotopic (exact) mass is 361 g/mol. The number of methoxy groups -OCH3 is 1. The van der Waals surface area contributed by atoms with E-state index in [0.717, 1.165) is 10.8 Å². The number of aromatic amines is 1. The molecule has 0 aliphatic rings. The Balaban J connectivity index is 2.46. The first-order valence-electron chi connectivity index (χ1n) is 7.65. The van der Waals surface area contributed by atoms with E-state index < -0.39 is 35.1 Å². The molecule has 0 fully saturated rings. The van der Waals surface area contributed by atoms with Gasteiger partial charge in [-0.1, -0.05) is 12.1 Å². The Morgan fingerprint density at radius 3 is 2.65 bits per heavy atom. The van der Waals surface area contributed by atoms with Crippen molar-refractivity contribution in [1.82, 2.24) is 14.9 Å². The molecule has 1 atom stereocenters. The third kappa shape index (κ3) is 3.82. The maximum atomic E-state index is 12.6. The summed E-state index contributed by atoms with van der Waals surface area (Å²) in [6.07, 6.45) is 0.586. The zero-order valence-corrected chi connectivity index (χ0v) is 14.5. The van der Waals surface area contributed by atoms with Gasteiger partial charge in [-0.15, -0.1) is 0 Å². The quantitative estimate of drug-likeness (QED) is 0.674. The second-order valence-electron chi connectivity index (χ2n) is 5.96. The third-order valence-electron chi connectivity index (χ3n) is 4.03. The minimum atomic E-state index is -1.31. The van der Waals surface area contributed by atoms with Crippen molar-refractivity contribution in [2.75, 3.05) is 7.11 Å². The van der Waals surface area contributed by atoms with Crippen molar-refractivity contribution in [2.24, 2.45) is 7.05 Å². The van der Waals surface area contributed by atoms with Crippen molar-refractivity contribution >= 4 is 11.9 Å². The number of aliphatic carboxylic acids is 1. The van der Waals surface area contributed by atoms with Crippen LogP contribution in [0.25, 0.3) is 0 Å². The first kappa shape index (κ1) is 19.0. The average Bonchev–Trinajstić information content (AvgIpc) is 2.59. The van der Waals surface area contributed by atoms with E-state index >= 15 is 0 Å². The van der Waals surface area contributed by atoms with Gasteiger partial charge in [0.15, 0.2) is 0 Å². The number of nitrogens with one attached hydrogen (secondary N) is 2. The number of benzene rings is 1. The molecule has 1 amide bonds. The van der Waals surface area contributed by atoms with Crippen molar-refractivity contribution in [3.63, 3.8) is 0 Å². The van der Waals surface area contributed by atoms with Crippen molar-refractivity contribution < 1.29 is 19.4 Å². The molecule has 0 saturated carbocycles. The van der Waals surface area contributed by atoms with E-state index in [-0.39, 0.29) is 5.56 Å². The van der Waals surface area contributed by atoms with Crippen LogP contribution in [0, 0.1) is 0 Å². The minimum Gasteiger partial charge on any atom is -0.497 e. The molecule has 9 heteroatoms. The van der Waals surface area contributed by atoms with Gasteiger partial charge >= 0.3 is 11.7 Å². The number of aromatic nitrogens is 2. The second kappa shape index (κ2) is 7.26. The number of hydrogen-bond donors (Lipinski definition) is 3. The highest BCUT2D eigenvalue weighted by Crippen LogP contribution is 2.28. The molecule has 26 heavy (non-hydrogen) atoms. The van der Waals surface area contributed by atoms with Gasteiger partial charge in [0.2, 0.25) is 0 Å². The fraction of sp³-hybridized carbons (Fsp3) is 0.294. The second-order valence-corrected chi connectivity index (χ2v) is 5.96. The maximum Gasteiger partial charge on any atom is 0.328 e. The SMILES string of the molecule is COc1cccc(C(C)(CC(=O)O)NC(=O)c2c[nH]c(=O)n(C)c2=O)c1. The molecular weight excluding hydrogens is 342 g/mol. The summed E-state index contributed by atoms with van der Waals surface area (Å²) in [5.74, 6) is -1.44. The van der Waals surface area contributed by atoms with Crippen molar-refractivity contribution in [2.45, 2.75) is 18.9 Å². The summed E-state index contributed by atoms with van der Waals surface area (Å²) in [5.41, 5.74) is -2.55. The molecule has 0 bridgehead atoms. The topological polar surface area (TPSA) is 130 Å². The summed E-state index contributed by atoms with van der Waals surface area (Å²) in [7, 11) is 2.70. The van der Waals surface area contributed by atoms with Crippen LogP contribution in [0.5, 0.6) is 5.75 Å². The molecule has 9 nitrogen and oxygen atoms in total. The summed E-state index contributed by atoms with van der Waals surface area (Å²) in [6.45, 7) is 1.53. The fourth-order valence-corrected chi connectivity index (χ4v) is 2.53. The highest BCUT2D eigenvalue weighted by Gasteiger charge is 2.33. The van der Waals surface area contributed by atoms with Crippen LogP contribution in [-0.4, -0.2) is 33.6 Å². The molecule has 138 valence electrons. The molecule has 0 saturated heterocycles. The van der Waals surface area contributed by atoms with Gasteiger partial charge in [0, 0.05) is 13.2 Å². The number of nitrogens with zero attached hydrogens (tertiary/aromatic N) is 1. The number of hydrogen-bond acceptors (Lipinski definition) is 5. The zero-order chi connectivity index (χ0) is 19.5. The fourth-order valence-electron chi connectivity index (χ4n) is 2.53. The van der Waals surface area contributed by atoms with E-state index in [1.54, 1.807) is 24.3 Å². The Bertz CT molecular complexity index is 961. The van der Waals surface area contributed by atoms with Crippen LogP contribution in [0.1, 0.15) is 29.3 Å². The number of H-pyrrole nitrogens is 1. The van der Waals surface area contributed by atoms with Crippen LogP contribution in [0.15, 0.2) is 40.1 Å². The standard InChI is InChI=1S/C17H19N3O6/c1-17(8-13(21)22,10-5-4-6-11(7-10)26-3)19-14(23)12-9-18-16(25)20(2)15(12)24/h4-7,9H,8H2,1-3H3,(H,18,25)(H,19,23)(H,21,22). The molecular formula is C17H19N3O6. The highest BCUT2D eigenvalue weighted by atomic mass is 16.5. The molecule has 0 aliphatic carbocycles. The molecule has 0 radical (unpaired) electrons. The van der Waals surface area contributed by atoms with Gasteiger partial charge in [-0.2, -0.15) is 0 Å². The Labute approximate surface area is 148 Å². The Kier molecular flexibility index (Phi) is 5.30. The summed E-state index contributed by atoms with van der Waals surface area (Å²) in [4.78, 5) is 49.7. The first-order valence-corrected chi connectivity index (χ1v) is 7.65. The summed E-state index contributed by atoms with van der Waals surface area (Å²) >= 11 is 0. The summed E-state index contributed by atoms with van der Waals surface area (Å²) in [5, 5.41) is 11.8. The van der Waals surface area contributed by atoms with Gasteiger partial charge in [-0.3, -0.25) is 19.0 Å². The number of carbonyl (C=O) groups excluding carboxylic acids is 1. The summed E-state index contributed by atoms with van der Waals surface area (Å²) in [6, 6.07) is 6.61. The van der Waals surface area contributed by atoms with Gasteiger partial charge in [0.25, 0.3) is 11.5 Å². The highest BCUT2D eigenvalue weighted by molar-refractivity contribution is 5.94. The molecule has 2 aromatic rings. The van der Waals surface area contributed by atoms with E-state index in [4.69, 9.17) is 4.74 Å². The van der Waals surface area contributed by atoms with Gasteiger partial charge in [-0.25, -0.2) is 4.79 Å². The number of carboxylic acid groups (broad SMARTS) is 1. The van der Waals surface area contributed by atoms with Crippen LogP contribution in [0.2, 0.25) is 0 Å². The number of rotatable bonds is 6. The van der Waals surface area contributed by atoms with Crippen LogP contribution in [0.4, 0.5) is 0 Å². The van der Waals surface area contributed by atoms with Crippen LogP contribution in [0.3, 0.4) is 0 Å². The van der Waals surface area contributed by atoms with Gasteiger partial charge in [0.05, 0.1) is 19.1 Å². The Hall–Kier alpha value is -3.36. The smallest absolute Gasteiger partial charge is 0.328 e. The van der Waals surface area contributed by atoms with E-state index in [1.807, 2.05) is 0 Å². The van der Waals surface area contributed by atoms with Crippen molar-refractivity contribution in [3.05, 3.63) is 62.4 Å². The van der Waals surface area contributed by atoms with Crippen LogP contribution < -0.4 is 21.3 Å². The van der Waals surface area contributed by atoms with Crippen molar-refractivity contribution in [3.8, 4) is 5.75 Å². The van der Waals surface area contributed by atoms with Crippen LogP contribution >= 0.6 is 0 Å². The molecule has 1 aromatic heterocycles. The predicted octanol–water partition coefficient (Wildman–Crippen LogP) is 0.202. The van der Waals surface area contributed by atoms with E-state index in [2.05, 4.69) is 10.3 Å². The average molecular weight is 361 g/mol. The largest absolute Gasteiger partial charge is 0.497 e. The predicted molar refractivity (Wildman–Crippen MR) is 92.4 cm³/mol. The molecule has 1 heterocycles. The summed E-state index contributed by atoms with van der Waals surface area (Å²) < 4.78 is 5.90. The lowest BCUT2D eigenvalue weighted by molar-refractivity contribution is -0.138. The lowest BCUT2D eigenvalue weighted by atomic mass is 9.88. The molecule has 0 spiro atoms. The van der Waals surface area contributed by atoms with Crippen LogP contribution in [-0.2, 0) is 17.4 Å². The molecule has 1 aromatic carbocycles. The first-order chi connectivity index (χ1) is 12.2. The molecule has 2 rings (SSSR count). The van der Waals surface area contributed by atoms with E-state index in [1.165, 1.54) is 21.1 Å². The van der Waals surface area contributed by atoms with E-state index in [9.17, 15) is 24.3 Å². The van der Waals surface area contributed by atoms with Gasteiger partial charge in [-0.05, 0) is 24.6 Å². The zero-order valence-electron chi connectivity index (χ0n) is 14.5. The number of ether oxygens (including phenoxy) is 1. The Morgan fingerprint density at radius 2 is 2.04 bits per heavy atom. The maximum absolute atomic E-state index is 12.6. The van der Waals surface area contributed by atoms with Crippen molar-refractivity contribution in [1.29, 1.82) is 0 Å². The Morgan fingerprint density at radius 1 is 1.35 bits per heavy atom. The number of carbonyl (C=O) groups is 2. The third-order valence-corrected chi connectivity index (χ3v) is 4.03. The van der Waals surface area contributed by atoms with Gasteiger partial charge < -0.3 is 20.1 Å². The minimum absolute atomic E-state index is 0.299. The normalized spacial score (nSPS) is 12.9. The lowest BCUT2D eigenvalue weighted by Gasteiger charge is -2.30.